The number of benzene rings is 1. The molecule has 1 aromatic heterocycles. The molecule has 178 valence electrons. The quantitative estimate of drug-likeness (QED) is 0.290. The molecule has 0 saturated carbocycles. The molecular weight excluding hydrogens is 420 g/mol. The molecule has 1 aromatic carbocycles. The summed E-state index contributed by atoms with van der Waals surface area (Å²) in [5.74, 6) is 0.132. The van der Waals surface area contributed by atoms with E-state index in [-0.39, 0.29) is 30.0 Å². The minimum Gasteiger partial charge on any atom is -0.353 e. The fourth-order valence-electron chi connectivity index (χ4n) is 3.47. The molecule has 0 spiro atoms. The van der Waals surface area contributed by atoms with Crippen LogP contribution in [-0.2, 0) is 23.2 Å². The molecule has 0 aliphatic carbocycles. The van der Waals surface area contributed by atoms with Crippen LogP contribution in [0.3, 0.4) is 0 Å². The van der Waals surface area contributed by atoms with Crippen molar-refractivity contribution in [1.82, 2.24) is 14.4 Å². The average molecular weight is 455 g/mol. The second-order valence-electron chi connectivity index (χ2n) is 9.07. The topological polar surface area (TPSA) is 88.7 Å². The molecule has 8 nitrogen and oxygen atoms in total. The van der Waals surface area contributed by atoms with Gasteiger partial charge in [-0.2, -0.15) is 0 Å². The van der Waals surface area contributed by atoms with Gasteiger partial charge in [0.2, 0.25) is 11.8 Å². The number of carbonyl (C=O) groups excluding carboxylic acids is 2. The lowest BCUT2D eigenvalue weighted by Crippen LogP contribution is -2.44. The van der Waals surface area contributed by atoms with E-state index in [1.54, 1.807) is 28.0 Å². The first-order valence-corrected chi connectivity index (χ1v) is 11.2. The molecule has 0 saturated heterocycles. The lowest BCUT2D eigenvalue weighted by Gasteiger charge is -2.29. The zero-order valence-corrected chi connectivity index (χ0v) is 20.1. The number of aromatic nitrogens is 1. The van der Waals surface area contributed by atoms with E-state index < -0.39 is 4.92 Å². The van der Waals surface area contributed by atoms with Crippen molar-refractivity contribution in [2.45, 2.75) is 34.2 Å². The first kappa shape index (κ1) is 25.8. The molecule has 2 aromatic rings. The van der Waals surface area contributed by atoms with Crippen LogP contribution >= 0.6 is 0 Å². The van der Waals surface area contributed by atoms with E-state index in [0.29, 0.717) is 31.1 Å². The molecule has 0 aliphatic rings. The number of aryl methyl sites for hydroxylation is 1. The van der Waals surface area contributed by atoms with E-state index >= 15 is 0 Å². The molecule has 33 heavy (non-hydrogen) atoms. The fraction of sp³-hybridized carbons (Fsp3) is 0.440. The standard InChI is InChI=1S/C25H34N4O4/c1-19(2)15-27(17-23-7-6-14-26(23)5)25(31)18-28(16-20(3)4)24(30)13-10-21-8-11-22(12-9-21)29(32)33/h6-14,19-20H,15-18H2,1-5H3. The SMILES string of the molecule is CC(C)CN(CC(=O)N(Cc1cccn1C)CC(C)C)C(=O)C=Cc1ccc([N+](=O)[O-])cc1. The molecule has 0 bridgehead atoms. The lowest BCUT2D eigenvalue weighted by atomic mass is 10.1. The van der Waals surface area contributed by atoms with E-state index in [2.05, 4.69) is 13.8 Å². The smallest absolute Gasteiger partial charge is 0.269 e. The number of nitro groups is 1. The normalized spacial score (nSPS) is 11.4. The van der Waals surface area contributed by atoms with Crippen LogP contribution in [0.5, 0.6) is 0 Å². The maximum Gasteiger partial charge on any atom is 0.269 e. The summed E-state index contributed by atoms with van der Waals surface area (Å²) in [6, 6.07) is 9.91. The van der Waals surface area contributed by atoms with Crippen molar-refractivity contribution < 1.29 is 14.5 Å². The number of non-ortho nitro benzene ring substituents is 1. The molecule has 2 amide bonds. The van der Waals surface area contributed by atoms with E-state index in [9.17, 15) is 19.7 Å². The summed E-state index contributed by atoms with van der Waals surface area (Å²) in [5, 5.41) is 10.8. The van der Waals surface area contributed by atoms with Gasteiger partial charge in [0.1, 0.15) is 6.54 Å². The van der Waals surface area contributed by atoms with Crippen molar-refractivity contribution in [1.29, 1.82) is 0 Å². The molecule has 2 rings (SSSR count). The van der Waals surface area contributed by atoms with Crippen molar-refractivity contribution in [2.24, 2.45) is 18.9 Å². The van der Waals surface area contributed by atoms with E-state index in [4.69, 9.17) is 0 Å². The van der Waals surface area contributed by atoms with Gasteiger partial charge in [-0.15, -0.1) is 0 Å². The van der Waals surface area contributed by atoms with Crippen LogP contribution in [0.1, 0.15) is 39.0 Å². The Hall–Kier alpha value is -3.42. The number of carbonyl (C=O) groups is 2. The number of amides is 2. The summed E-state index contributed by atoms with van der Waals surface area (Å²) in [7, 11) is 1.95. The minimum atomic E-state index is -0.465. The summed E-state index contributed by atoms with van der Waals surface area (Å²) in [6.45, 7) is 9.68. The summed E-state index contributed by atoms with van der Waals surface area (Å²) in [6.07, 6.45) is 4.98. The van der Waals surface area contributed by atoms with Crippen molar-refractivity contribution in [3.63, 3.8) is 0 Å². The zero-order valence-electron chi connectivity index (χ0n) is 20.1. The third-order valence-corrected chi connectivity index (χ3v) is 5.09. The number of rotatable bonds is 11. The Labute approximate surface area is 195 Å². The van der Waals surface area contributed by atoms with Crippen molar-refractivity contribution in [2.75, 3.05) is 19.6 Å². The van der Waals surface area contributed by atoms with Crippen LogP contribution in [0.15, 0.2) is 48.7 Å². The third kappa shape index (κ3) is 8.21. The second kappa shape index (κ2) is 12.0. The van der Waals surface area contributed by atoms with Crippen LogP contribution in [-0.4, -0.2) is 50.7 Å². The minimum absolute atomic E-state index is 0.00123. The molecule has 0 unspecified atom stereocenters. The highest BCUT2D eigenvalue weighted by molar-refractivity contribution is 5.94. The second-order valence-corrected chi connectivity index (χ2v) is 9.07. The molecule has 0 atom stereocenters. The molecule has 8 heteroatoms. The highest BCUT2D eigenvalue weighted by Crippen LogP contribution is 2.14. The first-order chi connectivity index (χ1) is 15.6. The van der Waals surface area contributed by atoms with Gasteiger partial charge in [-0.25, -0.2) is 0 Å². The molecule has 0 fully saturated rings. The predicted octanol–water partition coefficient (Wildman–Crippen LogP) is 4.12. The van der Waals surface area contributed by atoms with Gasteiger partial charge in [-0.1, -0.05) is 27.7 Å². The van der Waals surface area contributed by atoms with E-state index in [1.807, 2.05) is 43.8 Å². The number of nitrogens with zero attached hydrogens (tertiary/aromatic N) is 4. The highest BCUT2D eigenvalue weighted by atomic mass is 16.6. The molecular formula is C25H34N4O4. The first-order valence-electron chi connectivity index (χ1n) is 11.2. The maximum atomic E-state index is 13.2. The van der Waals surface area contributed by atoms with Gasteiger partial charge in [-0.3, -0.25) is 19.7 Å². The Morgan fingerprint density at radius 2 is 1.64 bits per heavy atom. The van der Waals surface area contributed by atoms with Crippen LogP contribution in [0.25, 0.3) is 6.08 Å². The van der Waals surface area contributed by atoms with Gasteiger partial charge in [0.05, 0.1) is 11.5 Å². The fourth-order valence-corrected chi connectivity index (χ4v) is 3.47. The maximum absolute atomic E-state index is 13.2. The summed E-state index contributed by atoms with van der Waals surface area (Å²) < 4.78 is 1.99. The molecule has 0 radical (unpaired) electrons. The average Bonchev–Trinajstić information content (AvgIpc) is 3.15. The van der Waals surface area contributed by atoms with Gasteiger partial charge in [0.25, 0.3) is 5.69 Å². The van der Waals surface area contributed by atoms with Crippen molar-refractivity contribution in [3.05, 3.63) is 70.0 Å². The molecule has 0 N–H and O–H groups in total. The van der Waals surface area contributed by atoms with Gasteiger partial charge in [0.15, 0.2) is 0 Å². The van der Waals surface area contributed by atoms with Crippen molar-refractivity contribution in [3.8, 4) is 0 Å². The lowest BCUT2D eigenvalue weighted by molar-refractivity contribution is -0.384. The largest absolute Gasteiger partial charge is 0.353 e. The number of nitro benzene ring substituents is 1. The van der Waals surface area contributed by atoms with E-state index in [1.165, 1.54) is 18.2 Å². The monoisotopic (exact) mass is 454 g/mol. The Morgan fingerprint density at radius 1 is 1.03 bits per heavy atom. The Balaban J connectivity index is 2.14. The molecule has 1 heterocycles. The highest BCUT2D eigenvalue weighted by Gasteiger charge is 2.22. The number of hydrogen-bond donors (Lipinski definition) is 0. The summed E-state index contributed by atoms with van der Waals surface area (Å²) >= 11 is 0. The van der Waals surface area contributed by atoms with Gasteiger partial charge < -0.3 is 14.4 Å². The van der Waals surface area contributed by atoms with Crippen LogP contribution < -0.4 is 0 Å². The van der Waals surface area contributed by atoms with E-state index in [0.717, 1.165) is 5.69 Å². The van der Waals surface area contributed by atoms with Crippen LogP contribution in [0.2, 0.25) is 0 Å². The van der Waals surface area contributed by atoms with Gasteiger partial charge in [-0.05, 0) is 47.7 Å². The van der Waals surface area contributed by atoms with Crippen LogP contribution in [0.4, 0.5) is 5.69 Å². The predicted molar refractivity (Wildman–Crippen MR) is 129 cm³/mol. The van der Waals surface area contributed by atoms with Crippen molar-refractivity contribution >= 4 is 23.6 Å². The third-order valence-electron chi connectivity index (χ3n) is 5.09. The van der Waals surface area contributed by atoms with Gasteiger partial charge >= 0.3 is 0 Å². The summed E-state index contributed by atoms with van der Waals surface area (Å²) in [4.78, 5) is 39.9. The zero-order chi connectivity index (χ0) is 24.5. The van der Waals surface area contributed by atoms with Crippen LogP contribution in [0, 0.1) is 22.0 Å². The molecule has 0 aliphatic heterocycles. The Morgan fingerprint density at radius 3 is 2.15 bits per heavy atom. The van der Waals surface area contributed by atoms with Gasteiger partial charge in [0, 0.05) is 50.2 Å². The number of hydrogen-bond acceptors (Lipinski definition) is 4. The Bertz CT molecular complexity index is 977. The Kier molecular flexibility index (Phi) is 9.39. The summed E-state index contributed by atoms with van der Waals surface area (Å²) in [5.41, 5.74) is 1.70.